The van der Waals surface area contributed by atoms with Crippen molar-refractivity contribution in [3.05, 3.63) is 35.2 Å². The third kappa shape index (κ3) is 4.19. The maximum Gasteiger partial charge on any atom is 0.218 e. The Morgan fingerprint density at radius 3 is 3.00 bits per heavy atom. The topological polar surface area (TPSA) is 86.0 Å². The largest absolute Gasteiger partial charge is 0.477 e. The molecule has 0 aliphatic rings. The summed E-state index contributed by atoms with van der Waals surface area (Å²) in [6.07, 6.45) is 5.15. The predicted octanol–water partition coefficient (Wildman–Crippen LogP) is 2.90. The first-order chi connectivity index (χ1) is 10.2. The van der Waals surface area contributed by atoms with Gasteiger partial charge in [-0.3, -0.25) is 0 Å². The molecule has 0 atom stereocenters. The predicted molar refractivity (Wildman–Crippen MR) is 83.4 cm³/mol. The second kappa shape index (κ2) is 7.64. The number of unbranched alkanes of at least 4 members (excludes halogenated alkanes) is 1. The molecule has 2 aromatic heterocycles. The van der Waals surface area contributed by atoms with Crippen molar-refractivity contribution in [2.75, 3.05) is 17.7 Å². The Kier molecular flexibility index (Phi) is 5.57. The molecule has 7 heteroatoms. The molecular weight excluding hydrogens is 290 g/mol. The van der Waals surface area contributed by atoms with Crippen molar-refractivity contribution in [2.45, 2.75) is 26.3 Å². The van der Waals surface area contributed by atoms with Crippen LogP contribution in [-0.2, 0) is 6.54 Å². The van der Waals surface area contributed by atoms with Crippen LogP contribution in [0.4, 0.5) is 11.6 Å². The molecule has 0 saturated carbocycles. The highest BCUT2D eigenvalue weighted by atomic mass is 35.5. The van der Waals surface area contributed by atoms with Gasteiger partial charge < -0.3 is 15.8 Å². The van der Waals surface area contributed by atoms with Gasteiger partial charge in [-0.25, -0.2) is 15.0 Å². The number of rotatable bonds is 7. The van der Waals surface area contributed by atoms with Crippen LogP contribution >= 0.6 is 11.6 Å². The van der Waals surface area contributed by atoms with Crippen molar-refractivity contribution in [3.63, 3.8) is 0 Å². The maximum atomic E-state index is 6.04. The number of nitrogen functional groups attached to an aromatic ring is 1. The fourth-order valence-corrected chi connectivity index (χ4v) is 1.85. The van der Waals surface area contributed by atoms with Gasteiger partial charge in [0.05, 0.1) is 6.61 Å². The molecule has 3 N–H and O–H groups in total. The van der Waals surface area contributed by atoms with E-state index in [1.54, 1.807) is 6.20 Å². The van der Waals surface area contributed by atoms with Gasteiger partial charge in [0.25, 0.3) is 0 Å². The minimum Gasteiger partial charge on any atom is -0.477 e. The summed E-state index contributed by atoms with van der Waals surface area (Å²) < 4.78 is 5.68. The van der Waals surface area contributed by atoms with E-state index in [0.29, 0.717) is 29.9 Å². The molecule has 0 bridgehead atoms. The van der Waals surface area contributed by atoms with Gasteiger partial charge in [0, 0.05) is 18.3 Å². The van der Waals surface area contributed by atoms with Crippen LogP contribution in [0.1, 0.15) is 25.3 Å². The van der Waals surface area contributed by atoms with Crippen LogP contribution in [0.5, 0.6) is 5.88 Å². The molecule has 0 spiro atoms. The Balaban J connectivity index is 2.04. The second-order valence-electron chi connectivity index (χ2n) is 4.44. The summed E-state index contributed by atoms with van der Waals surface area (Å²) >= 11 is 6.04. The molecule has 0 radical (unpaired) electrons. The van der Waals surface area contributed by atoms with Gasteiger partial charge in [0.2, 0.25) is 5.88 Å². The SMILES string of the molecule is CCCCOc1ncccc1CNc1ncnc(N)c1Cl. The number of aromatic nitrogens is 3. The minimum atomic E-state index is 0.250. The summed E-state index contributed by atoms with van der Waals surface area (Å²) in [5, 5.41) is 3.43. The molecule has 2 heterocycles. The number of nitrogens with two attached hydrogens (primary N) is 1. The van der Waals surface area contributed by atoms with E-state index in [1.165, 1.54) is 6.33 Å². The zero-order valence-electron chi connectivity index (χ0n) is 11.8. The molecule has 2 aromatic rings. The van der Waals surface area contributed by atoms with E-state index in [4.69, 9.17) is 22.1 Å². The van der Waals surface area contributed by atoms with Crippen molar-refractivity contribution in [3.8, 4) is 5.88 Å². The lowest BCUT2D eigenvalue weighted by Gasteiger charge is -2.12. The fraction of sp³-hybridized carbons (Fsp3) is 0.357. The summed E-state index contributed by atoms with van der Waals surface area (Å²) in [4.78, 5) is 12.1. The molecule has 2 rings (SSSR count). The Morgan fingerprint density at radius 2 is 2.19 bits per heavy atom. The number of hydrogen-bond donors (Lipinski definition) is 2. The van der Waals surface area contributed by atoms with E-state index in [0.717, 1.165) is 18.4 Å². The Labute approximate surface area is 128 Å². The van der Waals surface area contributed by atoms with Gasteiger partial charge in [-0.05, 0) is 12.5 Å². The second-order valence-corrected chi connectivity index (χ2v) is 4.82. The standard InChI is InChI=1S/C14H18ClN5O/c1-2-3-7-21-14-10(5-4-6-17-14)8-18-13-11(15)12(16)19-9-20-13/h4-6,9H,2-3,7-8H2,1H3,(H3,16,18,19,20). The van der Waals surface area contributed by atoms with E-state index in [-0.39, 0.29) is 5.82 Å². The molecule has 0 fully saturated rings. The number of nitrogens with zero attached hydrogens (tertiary/aromatic N) is 3. The number of nitrogens with one attached hydrogen (secondary N) is 1. The van der Waals surface area contributed by atoms with E-state index in [1.807, 2.05) is 12.1 Å². The van der Waals surface area contributed by atoms with Crippen molar-refractivity contribution >= 4 is 23.2 Å². The lowest BCUT2D eigenvalue weighted by atomic mass is 10.2. The zero-order valence-corrected chi connectivity index (χ0v) is 12.6. The zero-order chi connectivity index (χ0) is 15.1. The van der Waals surface area contributed by atoms with E-state index >= 15 is 0 Å². The quantitative estimate of drug-likeness (QED) is 0.765. The smallest absolute Gasteiger partial charge is 0.218 e. The number of ether oxygens (including phenoxy) is 1. The molecule has 0 aliphatic heterocycles. The third-order valence-electron chi connectivity index (χ3n) is 2.85. The Morgan fingerprint density at radius 1 is 1.33 bits per heavy atom. The van der Waals surface area contributed by atoms with Gasteiger partial charge in [0.15, 0.2) is 5.82 Å². The van der Waals surface area contributed by atoms with E-state index in [9.17, 15) is 0 Å². The summed E-state index contributed by atoms with van der Waals surface area (Å²) in [6.45, 7) is 3.26. The van der Waals surface area contributed by atoms with Gasteiger partial charge >= 0.3 is 0 Å². The summed E-state index contributed by atoms with van der Waals surface area (Å²) in [5.41, 5.74) is 6.57. The van der Waals surface area contributed by atoms with Gasteiger partial charge in [0.1, 0.15) is 17.2 Å². The van der Waals surface area contributed by atoms with Crippen molar-refractivity contribution in [2.24, 2.45) is 0 Å². The average Bonchev–Trinajstić information content (AvgIpc) is 2.50. The fourth-order valence-electron chi connectivity index (χ4n) is 1.69. The average molecular weight is 308 g/mol. The van der Waals surface area contributed by atoms with Crippen LogP contribution in [0.15, 0.2) is 24.7 Å². The number of anilines is 2. The molecule has 0 unspecified atom stereocenters. The minimum absolute atomic E-state index is 0.250. The third-order valence-corrected chi connectivity index (χ3v) is 3.22. The highest BCUT2D eigenvalue weighted by molar-refractivity contribution is 6.35. The molecule has 0 saturated heterocycles. The first-order valence-corrected chi connectivity index (χ1v) is 7.16. The summed E-state index contributed by atoms with van der Waals surface area (Å²) in [5.74, 6) is 1.36. The molecule has 21 heavy (non-hydrogen) atoms. The monoisotopic (exact) mass is 307 g/mol. The van der Waals surface area contributed by atoms with Crippen LogP contribution in [0.3, 0.4) is 0 Å². The molecule has 0 amide bonds. The lowest BCUT2D eigenvalue weighted by Crippen LogP contribution is -2.07. The molecule has 0 aromatic carbocycles. The highest BCUT2D eigenvalue weighted by Crippen LogP contribution is 2.24. The lowest BCUT2D eigenvalue weighted by molar-refractivity contribution is 0.295. The first kappa shape index (κ1) is 15.3. The van der Waals surface area contributed by atoms with Gasteiger partial charge in [-0.15, -0.1) is 0 Å². The van der Waals surface area contributed by atoms with Crippen molar-refractivity contribution < 1.29 is 4.74 Å². The van der Waals surface area contributed by atoms with Gasteiger partial charge in [-0.2, -0.15) is 0 Å². The highest BCUT2D eigenvalue weighted by Gasteiger charge is 2.08. The van der Waals surface area contributed by atoms with Crippen LogP contribution in [0.25, 0.3) is 0 Å². The maximum absolute atomic E-state index is 6.04. The Bertz CT molecular complexity index is 593. The van der Waals surface area contributed by atoms with Crippen LogP contribution in [-0.4, -0.2) is 21.6 Å². The van der Waals surface area contributed by atoms with Crippen molar-refractivity contribution in [1.82, 2.24) is 15.0 Å². The molecule has 112 valence electrons. The Hall–Kier alpha value is -2.08. The van der Waals surface area contributed by atoms with Crippen LogP contribution in [0, 0.1) is 0 Å². The van der Waals surface area contributed by atoms with E-state index < -0.39 is 0 Å². The number of halogens is 1. The summed E-state index contributed by atoms with van der Waals surface area (Å²) in [6, 6.07) is 3.80. The van der Waals surface area contributed by atoms with E-state index in [2.05, 4.69) is 27.2 Å². The molecule has 6 nitrogen and oxygen atoms in total. The van der Waals surface area contributed by atoms with Crippen molar-refractivity contribution in [1.29, 1.82) is 0 Å². The number of pyridine rings is 1. The van der Waals surface area contributed by atoms with Crippen LogP contribution in [0.2, 0.25) is 5.02 Å². The normalized spacial score (nSPS) is 10.4. The van der Waals surface area contributed by atoms with Gasteiger partial charge in [-0.1, -0.05) is 31.0 Å². The molecular formula is C14H18ClN5O. The number of hydrogen-bond acceptors (Lipinski definition) is 6. The van der Waals surface area contributed by atoms with Crippen LogP contribution < -0.4 is 15.8 Å². The molecule has 0 aliphatic carbocycles. The summed E-state index contributed by atoms with van der Waals surface area (Å²) in [7, 11) is 0. The first-order valence-electron chi connectivity index (χ1n) is 6.79.